The summed E-state index contributed by atoms with van der Waals surface area (Å²) in [5.41, 5.74) is 6.11. The van der Waals surface area contributed by atoms with Crippen LogP contribution in [0.2, 0.25) is 0 Å². The molecule has 0 aliphatic rings. The lowest BCUT2D eigenvalue weighted by Crippen LogP contribution is -2.39. The quantitative estimate of drug-likeness (QED) is 0.744. The van der Waals surface area contributed by atoms with Gasteiger partial charge in [-0.05, 0) is 19.1 Å². The van der Waals surface area contributed by atoms with Crippen molar-refractivity contribution in [1.29, 1.82) is 0 Å². The number of carbonyl (C=O) groups is 2. The molecule has 5 nitrogen and oxygen atoms in total. The van der Waals surface area contributed by atoms with Gasteiger partial charge in [0.05, 0.1) is 6.04 Å². The van der Waals surface area contributed by atoms with Crippen molar-refractivity contribution < 1.29 is 9.59 Å². The molecule has 1 rings (SSSR count). The monoisotopic (exact) mass is 271 g/mol. The van der Waals surface area contributed by atoms with Gasteiger partial charge in [0, 0.05) is 18.7 Å². The fourth-order valence-electron chi connectivity index (χ4n) is 1.21. The zero-order valence-corrected chi connectivity index (χ0v) is 11.0. The third-order valence-corrected chi connectivity index (χ3v) is 2.12. The number of para-hydroxylation sites is 1. The number of nitrogens with one attached hydrogen (secondary N) is 2. The summed E-state index contributed by atoms with van der Waals surface area (Å²) in [5, 5.41) is 5.30. The van der Waals surface area contributed by atoms with E-state index in [2.05, 4.69) is 10.6 Å². The van der Waals surface area contributed by atoms with Gasteiger partial charge in [-0.1, -0.05) is 18.2 Å². The molecule has 18 heavy (non-hydrogen) atoms. The van der Waals surface area contributed by atoms with E-state index in [4.69, 9.17) is 5.73 Å². The number of benzene rings is 1. The summed E-state index contributed by atoms with van der Waals surface area (Å²) in [7, 11) is 0. The first kappa shape index (κ1) is 16.4. The molecule has 1 aromatic rings. The molecule has 6 heteroatoms. The fraction of sp³-hybridized carbons (Fsp3) is 0.333. The SMILES string of the molecule is C[C@H](N)C(=O)NCCC(=O)Nc1ccccc1.Cl. The topological polar surface area (TPSA) is 84.2 Å². The van der Waals surface area contributed by atoms with E-state index in [9.17, 15) is 9.59 Å². The first-order valence-corrected chi connectivity index (χ1v) is 5.48. The summed E-state index contributed by atoms with van der Waals surface area (Å²) in [5.74, 6) is -0.390. The number of amides is 2. The number of rotatable bonds is 5. The average molecular weight is 272 g/mol. The Labute approximate surface area is 113 Å². The van der Waals surface area contributed by atoms with E-state index in [1.165, 1.54) is 0 Å². The van der Waals surface area contributed by atoms with Crippen LogP contribution in [-0.4, -0.2) is 24.4 Å². The van der Waals surface area contributed by atoms with Crippen molar-refractivity contribution in [3.8, 4) is 0 Å². The van der Waals surface area contributed by atoms with Gasteiger partial charge in [-0.2, -0.15) is 0 Å². The lowest BCUT2D eigenvalue weighted by atomic mass is 10.3. The Morgan fingerprint density at radius 2 is 1.89 bits per heavy atom. The number of halogens is 1. The third-order valence-electron chi connectivity index (χ3n) is 2.12. The van der Waals surface area contributed by atoms with Crippen molar-refractivity contribution in [2.45, 2.75) is 19.4 Å². The van der Waals surface area contributed by atoms with Gasteiger partial charge in [-0.15, -0.1) is 12.4 Å². The summed E-state index contributed by atoms with van der Waals surface area (Å²) in [6.07, 6.45) is 0.230. The summed E-state index contributed by atoms with van der Waals surface area (Å²) in [6.45, 7) is 1.89. The van der Waals surface area contributed by atoms with Crippen LogP contribution in [0.25, 0.3) is 0 Å². The highest BCUT2D eigenvalue weighted by molar-refractivity contribution is 5.91. The normalized spacial score (nSPS) is 11.0. The van der Waals surface area contributed by atoms with Gasteiger partial charge < -0.3 is 16.4 Å². The fourth-order valence-corrected chi connectivity index (χ4v) is 1.21. The molecule has 0 saturated heterocycles. The average Bonchev–Trinajstić information content (AvgIpc) is 2.30. The van der Waals surface area contributed by atoms with E-state index in [1.807, 2.05) is 18.2 Å². The van der Waals surface area contributed by atoms with Crippen LogP contribution in [0.3, 0.4) is 0 Å². The molecule has 0 radical (unpaired) electrons. The maximum absolute atomic E-state index is 11.5. The van der Waals surface area contributed by atoms with E-state index in [1.54, 1.807) is 19.1 Å². The molecule has 0 aliphatic carbocycles. The van der Waals surface area contributed by atoms with Crippen LogP contribution in [0.15, 0.2) is 30.3 Å². The second-order valence-corrected chi connectivity index (χ2v) is 3.74. The van der Waals surface area contributed by atoms with Gasteiger partial charge in [-0.25, -0.2) is 0 Å². The van der Waals surface area contributed by atoms with Crippen molar-refractivity contribution in [3.05, 3.63) is 30.3 Å². The summed E-state index contributed by atoms with van der Waals surface area (Å²) in [4.78, 5) is 22.6. The van der Waals surface area contributed by atoms with Crippen LogP contribution in [0.4, 0.5) is 5.69 Å². The highest BCUT2D eigenvalue weighted by Gasteiger charge is 2.07. The van der Waals surface area contributed by atoms with Gasteiger partial charge in [0.15, 0.2) is 0 Å². The molecule has 0 spiro atoms. The van der Waals surface area contributed by atoms with Gasteiger partial charge in [0.2, 0.25) is 11.8 Å². The Hall–Kier alpha value is -1.59. The van der Waals surface area contributed by atoms with Crippen molar-refractivity contribution in [1.82, 2.24) is 5.32 Å². The van der Waals surface area contributed by atoms with E-state index >= 15 is 0 Å². The Morgan fingerprint density at radius 3 is 2.44 bits per heavy atom. The van der Waals surface area contributed by atoms with Crippen molar-refractivity contribution >= 4 is 29.9 Å². The minimum atomic E-state index is -0.549. The Bertz CT molecular complexity index is 382. The third kappa shape index (κ3) is 6.22. The largest absolute Gasteiger partial charge is 0.354 e. The molecule has 0 unspecified atom stereocenters. The van der Waals surface area contributed by atoms with Gasteiger partial charge in [-0.3, -0.25) is 9.59 Å². The molecular formula is C12H18ClN3O2. The van der Waals surface area contributed by atoms with E-state index in [0.29, 0.717) is 6.54 Å². The van der Waals surface area contributed by atoms with Crippen LogP contribution in [0.5, 0.6) is 0 Å². The number of hydrogen-bond acceptors (Lipinski definition) is 3. The molecule has 1 aromatic carbocycles. The first-order valence-electron chi connectivity index (χ1n) is 5.48. The van der Waals surface area contributed by atoms with E-state index < -0.39 is 6.04 Å². The molecule has 0 fully saturated rings. The summed E-state index contributed by atoms with van der Waals surface area (Å²) < 4.78 is 0. The second kappa shape index (κ2) is 8.49. The van der Waals surface area contributed by atoms with Crippen LogP contribution in [0, 0.1) is 0 Å². The Balaban J connectivity index is 0.00000289. The molecule has 0 heterocycles. The predicted molar refractivity (Wildman–Crippen MR) is 73.6 cm³/mol. The highest BCUT2D eigenvalue weighted by atomic mass is 35.5. The minimum Gasteiger partial charge on any atom is -0.354 e. The molecule has 2 amide bonds. The molecule has 100 valence electrons. The zero-order chi connectivity index (χ0) is 12.7. The van der Waals surface area contributed by atoms with E-state index in [-0.39, 0.29) is 30.6 Å². The van der Waals surface area contributed by atoms with Crippen molar-refractivity contribution in [2.24, 2.45) is 5.73 Å². The molecule has 4 N–H and O–H groups in total. The molecule has 0 aliphatic heterocycles. The van der Waals surface area contributed by atoms with Crippen LogP contribution in [0.1, 0.15) is 13.3 Å². The number of carbonyl (C=O) groups excluding carboxylic acids is 2. The van der Waals surface area contributed by atoms with Crippen molar-refractivity contribution in [3.63, 3.8) is 0 Å². The summed E-state index contributed by atoms with van der Waals surface area (Å²) in [6, 6.07) is 8.61. The van der Waals surface area contributed by atoms with Crippen LogP contribution < -0.4 is 16.4 Å². The first-order chi connectivity index (χ1) is 8.09. The van der Waals surface area contributed by atoms with E-state index in [0.717, 1.165) is 5.69 Å². The maximum Gasteiger partial charge on any atom is 0.236 e. The van der Waals surface area contributed by atoms with Gasteiger partial charge in [0.25, 0.3) is 0 Å². The molecule has 0 bridgehead atoms. The highest BCUT2D eigenvalue weighted by Crippen LogP contribution is 2.04. The number of nitrogens with two attached hydrogens (primary N) is 1. The van der Waals surface area contributed by atoms with Gasteiger partial charge in [0.1, 0.15) is 0 Å². The minimum absolute atomic E-state index is 0. The molecular weight excluding hydrogens is 254 g/mol. The number of anilines is 1. The molecule has 0 saturated carbocycles. The predicted octanol–water partition coefficient (Wildman–Crippen LogP) is 0.900. The molecule has 0 aromatic heterocycles. The van der Waals surface area contributed by atoms with Gasteiger partial charge >= 0.3 is 0 Å². The number of hydrogen-bond donors (Lipinski definition) is 3. The molecule has 1 atom stereocenters. The van der Waals surface area contributed by atoms with Crippen molar-refractivity contribution in [2.75, 3.05) is 11.9 Å². The smallest absolute Gasteiger partial charge is 0.236 e. The maximum atomic E-state index is 11.5. The standard InChI is InChI=1S/C12H17N3O2.ClH/c1-9(13)12(17)14-8-7-11(16)15-10-5-3-2-4-6-10;/h2-6,9H,7-8,13H2,1H3,(H,14,17)(H,15,16);1H/t9-;/m0./s1. The second-order valence-electron chi connectivity index (χ2n) is 3.74. The lowest BCUT2D eigenvalue weighted by Gasteiger charge is -2.08. The summed E-state index contributed by atoms with van der Waals surface area (Å²) >= 11 is 0. The lowest BCUT2D eigenvalue weighted by molar-refractivity contribution is -0.122. The Kier molecular flexibility index (Phi) is 7.74. The Morgan fingerprint density at radius 1 is 1.28 bits per heavy atom. The van der Waals surface area contributed by atoms with Crippen LogP contribution >= 0.6 is 12.4 Å². The van der Waals surface area contributed by atoms with Crippen LogP contribution in [-0.2, 0) is 9.59 Å². The zero-order valence-electron chi connectivity index (χ0n) is 10.2.